The summed E-state index contributed by atoms with van der Waals surface area (Å²) in [5.74, 6) is -2.48. The molecule has 0 aromatic heterocycles. The summed E-state index contributed by atoms with van der Waals surface area (Å²) in [6, 6.07) is 2.68. The van der Waals surface area contributed by atoms with E-state index in [0.29, 0.717) is 13.0 Å². The molecule has 6 nitrogen and oxygen atoms in total. The lowest BCUT2D eigenvalue weighted by atomic mass is 10.2. The van der Waals surface area contributed by atoms with Gasteiger partial charge in [0.15, 0.2) is 0 Å². The van der Waals surface area contributed by atoms with Crippen LogP contribution in [0.1, 0.15) is 29.6 Å². The summed E-state index contributed by atoms with van der Waals surface area (Å²) < 4.78 is 45.0. The standard InChI is InChI=1S/C13H16FNO5S/c14-12-4-3-10(8-11(12)13(16)17)21(18,19)15-6-5-9-2-1-7-20-9/h3-4,8-9,15H,1-2,5-7H2,(H,16,17). The molecule has 1 saturated heterocycles. The fourth-order valence-electron chi connectivity index (χ4n) is 2.15. The van der Waals surface area contributed by atoms with Crippen LogP contribution in [0.15, 0.2) is 23.1 Å². The molecule has 1 aromatic carbocycles. The minimum atomic E-state index is -3.86. The highest BCUT2D eigenvalue weighted by atomic mass is 32.2. The number of nitrogens with one attached hydrogen (secondary N) is 1. The fraction of sp³-hybridized carbons (Fsp3) is 0.462. The molecule has 0 amide bonds. The Bertz CT molecular complexity index is 625. The quantitative estimate of drug-likeness (QED) is 0.826. The van der Waals surface area contributed by atoms with Crippen molar-refractivity contribution in [2.75, 3.05) is 13.2 Å². The Morgan fingerprint density at radius 2 is 2.24 bits per heavy atom. The first-order valence-corrected chi connectivity index (χ1v) is 8.02. The Morgan fingerprint density at radius 3 is 2.86 bits per heavy atom. The van der Waals surface area contributed by atoms with Crippen molar-refractivity contribution in [1.82, 2.24) is 4.72 Å². The van der Waals surface area contributed by atoms with Gasteiger partial charge in [-0.3, -0.25) is 0 Å². The zero-order valence-electron chi connectivity index (χ0n) is 11.2. The number of hydrogen-bond acceptors (Lipinski definition) is 4. The first-order chi connectivity index (χ1) is 9.90. The molecule has 1 fully saturated rings. The van der Waals surface area contributed by atoms with Crippen LogP contribution in [0.5, 0.6) is 0 Å². The van der Waals surface area contributed by atoms with Crippen LogP contribution in [-0.4, -0.2) is 38.7 Å². The maximum atomic E-state index is 13.3. The summed E-state index contributed by atoms with van der Waals surface area (Å²) in [5.41, 5.74) is -0.669. The van der Waals surface area contributed by atoms with Gasteiger partial charge in [0.05, 0.1) is 16.6 Å². The zero-order chi connectivity index (χ0) is 15.5. The number of carbonyl (C=O) groups is 1. The number of sulfonamides is 1. The highest BCUT2D eigenvalue weighted by molar-refractivity contribution is 7.89. The van der Waals surface area contributed by atoms with Gasteiger partial charge in [-0.25, -0.2) is 22.3 Å². The number of carboxylic acid groups (broad SMARTS) is 1. The summed E-state index contributed by atoms with van der Waals surface area (Å²) in [4.78, 5) is 10.5. The van der Waals surface area contributed by atoms with Crippen molar-refractivity contribution in [2.24, 2.45) is 0 Å². The highest BCUT2D eigenvalue weighted by Crippen LogP contribution is 2.17. The Balaban J connectivity index is 2.04. The summed E-state index contributed by atoms with van der Waals surface area (Å²) in [7, 11) is -3.86. The number of aromatic carboxylic acids is 1. The Hall–Kier alpha value is -1.51. The highest BCUT2D eigenvalue weighted by Gasteiger charge is 2.20. The third kappa shape index (κ3) is 3.99. The first-order valence-electron chi connectivity index (χ1n) is 6.54. The maximum Gasteiger partial charge on any atom is 0.338 e. The third-order valence-corrected chi connectivity index (χ3v) is 4.72. The lowest BCUT2D eigenvalue weighted by Crippen LogP contribution is -2.27. The summed E-state index contributed by atoms with van der Waals surface area (Å²) in [5, 5.41) is 8.80. The van der Waals surface area contributed by atoms with Crippen LogP contribution in [0.4, 0.5) is 4.39 Å². The van der Waals surface area contributed by atoms with Crippen molar-refractivity contribution >= 4 is 16.0 Å². The molecule has 8 heteroatoms. The minimum absolute atomic E-state index is 0.0514. The molecule has 0 radical (unpaired) electrons. The average Bonchev–Trinajstić information content (AvgIpc) is 2.91. The molecule has 116 valence electrons. The average molecular weight is 317 g/mol. The number of ether oxygens (including phenoxy) is 1. The predicted octanol–water partition coefficient (Wildman–Crippen LogP) is 1.37. The molecule has 1 unspecified atom stereocenters. The molecule has 1 aromatic rings. The van der Waals surface area contributed by atoms with Crippen LogP contribution >= 0.6 is 0 Å². The van der Waals surface area contributed by atoms with E-state index in [4.69, 9.17) is 9.84 Å². The number of hydrogen-bond donors (Lipinski definition) is 2. The lowest BCUT2D eigenvalue weighted by Gasteiger charge is -2.11. The fourth-order valence-corrected chi connectivity index (χ4v) is 3.22. The molecule has 1 aliphatic heterocycles. The van der Waals surface area contributed by atoms with E-state index in [0.717, 1.165) is 31.0 Å². The van der Waals surface area contributed by atoms with E-state index in [2.05, 4.69) is 4.72 Å². The molecule has 0 bridgehead atoms. The van der Waals surface area contributed by atoms with Gasteiger partial charge >= 0.3 is 5.97 Å². The van der Waals surface area contributed by atoms with Gasteiger partial charge in [-0.2, -0.15) is 0 Å². The monoisotopic (exact) mass is 317 g/mol. The van der Waals surface area contributed by atoms with E-state index in [1.807, 2.05) is 0 Å². The van der Waals surface area contributed by atoms with Crippen LogP contribution in [0.25, 0.3) is 0 Å². The smallest absolute Gasteiger partial charge is 0.338 e. The van der Waals surface area contributed by atoms with Gasteiger partial charge in [0, 0.05) is 13.2 Å². The second-order valence-electron chi connectivity index (χ2n) is 4.77. The number of carboxylic acids is 1. The summed E-state index contributed by atoms with van der Waals surface area (Å²) >= 11 is 0. The van der Waals surface area contributed by atoms with Crippen molar-refractivity contribution in [3.63, 3.8) is 0 Å². The lowest BCUT2D eigenvalue weighted by molar-refractivity contribution is 0.0691. The van der Waals surface area contributed by atoms with E-state index >= 15 is 0 Å². The molecule has 0 aliphatic carbocycles. The largest absolute Gasteiger partial charge is 0.478 e. The van der Waals surface area contributed by atoms with Crippen molar-refractivity contribution in [3.8, 4) is 0 Å². The van der Waals surface area contributed by atoms with Gasteiger partial charge in [0.2, 0.25) is 10.0 Å². The van der Waals surface area contributed by atoms with Crippen LogP contribution in [0.3, 0.4) is 0 Å². The Kier molecular flexibility index (Phi) is 4.92. The van der Waals surface area contributed by atoms with E-state index in [1.54, 1.807) is 0 Å². The molecule has 1 atom stereocenters. The second-order valence-corrected chi connectivity index (χ2v) is 6.54. The van der Waals surface area contributed by atoms with Gasteiger partial charge in [-0.15, -0.1) is 0 Å². The van der Waals surface area contributed by atoms with Crippen molar-refractivity contribution in [2.45, 2.75) is 30.3 Å². The molecule has 1 heterocycles. The van der Waals surface area contributed by atoms with Crippen LogP contribution < -0.4 is 4.72 Å². The molecule has 1 aliphatic rings. The normalized spacial score (nSPS) is 18.8. The molecule has 2 N–H and O–H groups in total. The van der Waals surface area contributed by atoms with E-state index in [1.165, 1.54) is 0 Å². The van der Waals surface area contributed by atoms with Crippen molar-refractivity contribution in [3.05, 3.63) is 29.6 Å². The molecule has 0 spiro atoms. The number of benzene rings is 1. The SMILES string of the molecule is O=C(O)c1cc(S(=O)(=O)NCCC2CCCO2)ccc1F. The van der Waals surface area contributed by atoms with Gasteiger partial charge in [-0.05, 0) is 37.5 Å². The van der Waals surface area contributed by atoms with E-state index in [-0.39, 0.29) is 17.5 Å². The zero-order valence-corrected chi connectivity index (χ0v) is 12.0. The van der Waals surface area contributed by atoms with Crippen LogP contribution in [-0.2, 0) is 14.8 Å². The number of rotatable bonds is 6. The topological polar surface area (TPSA) is 92.7 Å². The summed E-state index contributed by atoms with van der Waals surface area (Å²) in [6.45, 7) is 0.879. The van der Waals surface area contributed by atoms with Gasteiger partial charge < -0.3 is 9.84 Å². The molecule has 0 saturated carbocycles. The van der Waals surface area contributed by atoms with Gasteiger partial charge in [0.25, 0.3) is 0 Å². The van der Waals surface area contributed by atoms with Crippen LogP contribution in [0, 0.1) is 5.82 Å². The molecule has 2 rings (SSSR count). The maximum absolute atomic E-state index is 13.3. The van der Waals surface area contributed by atoms with E-state index < -0.39 is 27.4 Å². The molecule has 21 heavy (non-hydrogen) atoms. The van der Waals surface area contributed by atoms with Crippen molar-refractivity contribution in [1.29, 1.82) is 0 Å². The van der Waals surface area contributed by atoms with Gasteiger partial charge in [-0.1, -0.05) is 0 Å². The van der Waals surface area contributed by atoms with Crippen LogP contribution in [0.2, 0.25) is 0 Å². The Labute approximate surface area is 122 Å². The van der Waals surface area contributed by atoms with Gasteiger partial charge in [0.1, 0.15) is 5.82 Å². The Morgan fingerprint density at radius 1 is 1.48 bits per heavy atom. The minimum Gasteiger partial charge on any atom is -0.478 e. The molecular formula is C13H16FNO5S. The summed E-state index contributed by atoms with van der Waals surface area (Å²) in [6.07, 6.45) is 2.47. The molecular weight excluding hydrogens is 301 g/mol. The first kappa shape index (κ1) is 15.9. The second kappa shape index (κ2) is 6.50. The number of halogens is 1. The van der Waals surface area contributed by atoms with E-state index in [9.17, 15) is 17.6 Å². The predicted molar refractivity (Wildman–Crippen MR) is 72.1 cm³/mol. The van der Waals surface area contributed by atoms with Crippen molar-refractivity contribution < 1.29 is 27.4 Å². The third-order valence-electron chi connectivity index (χ3n) is 3.26.